The second-order valence-electron chi connectivity index (χ2n) is 7.34. The Bertz CT molecular complexity index is 997. The zero-order chi connectivity index (χ0) is 23.1. The molecule has 1 aliphatic heterocycles. The van der Waals surface area contributed by atoms with E-state index in [1.807, 2.05) is 23.1 Å². The van der Waals surface area contributed by atoms with E-state index in [-0.39, 0.29) is 29.4 Å². The summed E-state index contributed by atoms with van der Waals surface area (Å²) in [6.07, 6.45) is 4.56. The summed E-state index contributed by atoms with van der Waals surface area (Å²) in [5, 5.41) is 2.79. The van der Waals surface area contributed by atoms with Crippen LogP contribution in [0.4, 0.5) is 14.5 Å². The number of carbonyl (C=O) groups is 2. The van der Waals surface area contributed by atoms with Crippen molar-refractivity contribution in [3.63, 3.8) is 0 Å². The second kappa shape index (κ2) is 10.7. The number of benzene rings is 2. The van der Waals surface area contributed by atoms with E-state index in [0.717, 1.165) is 24.9 Å². The van der Waals surface area contributed by atoms with E-state index in [1.54, 1.807) is 6.07 Å². The summed E-state index contributed by atoms with van der Waals surface area (Å²) in [5.74, 6) is -0.623. The number of alkyl halides is 2. The van der Waals surface area contributed by atoms with Crippen molar-refractivity contribution in [3.8, 4) is 11.5 Å². The molecule has 3 rings (SSSR count). The molecule has 0 bridgehead atoms. The van der Waals surface area contributed by atoms with Crippen LogP contribution < -0.4 is 20.5 Å². The number of likely N-dealkylation sites (tertiary alicyclic amines) is 1. The topological polar surface area (TPSA) is 93.9 Å². The summed E-state index contributed by atoms with van der Waals surface area (Å²) in [4.78, 5) is 25.9. The molecule has 0 saturated carbocycles. The number of ether oxygens (including phenoxy) is 2. The first-order chi connectivity index (χ1) is 15.4. The Morgan fingerprint density at radius 2 is 2.06 bits per heavy atom. The predicted molar refractivity (Wildman–Crippen MR) is 116 cm³/mol. The van der Waals surface area contributed by atoms with Gasteiger partial charge in [0, 0.05) is 18.3 Å². The van der Waals surface area contributed by atoms with Crippen molar-refractivity contribution in [1.29, 1.82) is 0 Å². The van der Waals surface area contributed by atoms with Gasteiger partial charge >= 0.3 is 6.61 Å². The van der Waals surface area contributed by atoms with Crippen molar-refractivity contribution < 1.29 is 27.8 Å². The minimum absolute atomic E-state index is 0.0857. The van der Waals surface area contributed by atoms with Gasteiger partial charge in [-0.3, -0.25) is 14.5 Å². The van der Waals surface area contributed by atoms with Gasteiger partial charge in [-0.2, -0.15) is 8.78 Å². The standard InChI is InChI=1S/C23H25F2N3O4/c1-31-20-13-15(7-9-19(20)32-23(24)25)8-10-21(29)27-17-5-2-4-16(12-17)14-28-11-3-6-18(28)22(26)30/h2,4-5,7-10,12-13,18,23H,3,6,11,14H2,1H3,(H2,26,30)(H,27,29)/b10-8+. The molecule has 0 spiro atoms. The molecular formula is C23H25F2N3O4. The molecule has 0 aromatic heterocycles. The van der Waals surface area contributed by atoms with Crippen LogP contribution in [0, 0.1) is 0 Å². The van der Waals surface area contributed by atoms with Crippen LogP contribution in [0.1, 0.15) is 24.0 Å². The number of nitrogens with one attached hydrogen (secondary N) is 1. The molecule has 1 fully saturated rings. The average molecular weight is 445 g/mol. The van der Waals surface area contributed by atoms with Crippen molar-refractivity contribution in [2.75, 3.05) is 19.0 Å². The first kappa shape index (κ1) is 23.2. The van der Waals surface area contributed by atoms with E-state index in [0.29, 0.717) is 17.8 Å². The maximum Gasteiger partial charge on any atom is 0.387 e. The highest BCUT2D eigenvalue weighted by Crippen LogP contribution is 2.30. The molecule has 1 saturated heterocycles. The first-order valence-electron chi connectivity index (χ1n) is 10.1. The molecule has 3 N–H and O–H groups in total. The Morgan fingerprint density at radius 3 is 2.78 bits per heavy atom. The number of carbonyl (C=O) groups excluding carboxylic acids is 2. The SMILES string of the molecule is COc1cc(/C=C/C(=O)Nc2cccc(CN3CCCC3C(N)=O)c2)ccc1OC(F)F. The highest BCUT2D eigenvalue weighted by atomic mass is 19.3. The van der Waals surface area contributed by atoms with E-state index in [2.05, 4.69) is 10.1 Å². The Balaban J connectivity index is 1.62. The van der Waals surface area contributed by atoms with Gasteiger partial charge in [-0.1, -0.05) is 18.2 Å². The van der Waals surface area contributed by atoms with Crippen LogP contribution >= 0.6 is 0 Å². The van der Waals surface area contributed by atoms with Crippen LogP contribution in [0.5, 0.6) is 11.5 Å². The smallest absolute Gasteiger partial charge is 0.387 e. The van der Waals surface area contributed by atoms with Crippen LogP contribution in [-0.2, 0) is 16.1 Å². The average Bonchev–Trinajstić information content (AvgIpc) is 3.21. The van der Waals surface area contributed by atoms with Crippen LogP contribution in [0.2, 0.25) is 0 Å². The number of hydrogen-bond donors (Lipinski definition) is 2. The molecule has 1 unspecified atom stereocenters. The Kier molecular flexibility index (Phi) is 7.77. The van der Waals surface area contributed by atoms with Crippen molar-refractivity contribution in [1.82, 2.24) is 4.90 Å². The molecule has 2 aromatic rings. The highest BCUT2D eigenvalue weighted by Gasteiger charge is 2.28. The molecular weight excluding hydrogens is 420 g/mol. The predicted octanol–water partition coefficient (Wildman–Crippen LogP) is 3.40. The molecule has 2 amide bonds. The summed E-state index contributed by atoms with van der Waals surface area (Å²) < 4.78 is 34.3. The van der Waals surface area contributed by atoms with E-state index in [4.69, 9.17) is 10.5 Å². The fourth-order valence-electron chi connectivity index (χ4n) is 3.66. The summed E-state index contributed by atoms with van der Waals surface area (Å²) >= 11 is 0. The van der Waals surface area contributed by atoms with Gasteiger partial charge in [0.15, 0.2) is 11.5 Å². The summed E-state index contributed by atoms with van der Waals surface area (Å²) in [6, 6.07) is 11.5. The number of nitrogens with two attached hydrogens (primary N) is 1. The minimum Gasteiger partial charge on any atom is -0.493 e. The maximum atomic E-state index is 12.4. The third kappa shape index (κ3) is 6.27. The molecule has 32 heavy (non-hydrogen) atoms. The number of halogens is 2. The number of nitrogens with zero attached hydrogens (tertiary/aromatic N) is 1. The first-order valence-corrected chi connectivity index (χ1v) is 10.1. The quantitative estimate of drug-likeness (QED) is 0.577. The third-order valence-electron chi connectivity index (χ3n) is 5.10. The zero-order valence-electron chi connectivity index (χ0n) is 17.6. The van der Waals surface area contributed by atoms with Crippen LogP contribution in [0.25, 0.3) is 6.08 Å². The summed E-state index contributed by atoms with van der Waals surface area (Å²) in [6.45, 7) is -1.59. The normalized spacial score (nSPS) is 16.4. The Hall–Kier alpha value is -3.46. The van der Waals surface area contributed by atoms with Crippen molar-refractivity contribution in [2.45, 2.75) is 32.0 Å². The van der Waals surface area contributed by atoms with Crippen molar-refractivity contribution >= 4 is 23.6 Å². The van der Waals surface area contributed by atoms with E-state index < -0.39 is 6.61 Å². The number of methoxy groups -OCH3 is 1. The molecule has 2 aromatic carbocycles. The minimum atomic E-state index is -2.96. The lowest BCUT2D eigenvalue weighted by atomic mass is 10.1. The van der Waals surface area contributed by atoms with Crippen LogP contribution in [-0.4, -0.2) is 43.0 Å². The number of hydrogen-bond acceptors (Lipinski definition) is 5. The fourth-order valence-corrected chi connectivity index (χ4v) is 3.66. The second-order valence-corrected chi connectivity index (χ2v) is 7.34. The lowest BCUT2D eigenvalue weighted by Gasteiger charge is -2.22. The molecule has 7 nitrogen and oxygen atoms in total. The van der Waals surface area contributed by atoms with Gasteiger partial charge in [0.05, 0.1) is 13.2 Å². The lowest BCUT2D eigenvalue weighted by molar-refractivity contribution is -0.122. The monoisotopic (exact) mass is 445 g/mol. The summed E-state index contributed by atoms with van der Waals surface area (Å²) in [5.41, 5.74) is 7.63. The number of amides is 2. The van der Waals surface area contributed by atoms with Gasteiger partial charge in [-0.05, 0) is 60.9 Å². The van der Waals surface area contributed by atoms with E-state index in [1.165, 1.54) is 37.5 Å². The van der Waals surface area contributed by atoms with Crippen molar-refractivity contribution in [2.24, 2.45) is 5.73 Å². The molecule has 1 heterocycles. The molecule has 0 aliphatic carbocycles. The number of anilines is 1. The van der Waals surface area contributed by atoms with Crippen LogP contribution in [0.15, 0.2) is 48.5 Å². The maximum absolute atomic E-state index is 12.4. The number of rotatable bonds is 9. The summed E-state index contributed by atoms with van der Waals surface area (Å²) in [7, 11) is 1.34. The Morgan fingerprint density at radius 1 is 1.25 bits per heavy atom. The van der Waals surface area contributed by atoms with Gasteiger partial charge in [0.2, 0.25) is 11.8 Å². The molecule has 1 aliphatic rings. The molecule has 0 radical (unpaired) electrons. The van der Waals surface area contributed by atoms with Gasteiger partial charge in [-0.15, -0.1) is 0 Å². The zero-order valence-corrected chi connectivity index (χ0v) is 17.6. The largest absolute Gasteiger partial charge is 0.493 e. The Labute approximate surface area is 184 Å². The molecule has 170 valence electrons. The van der Waals surface area contributed by atoms with Gasteiger partial charge in [-0.25, -0.2) is 0 Å². The van der Waals surface area contributed by atoms with Crippen molar-refractivity contribution in [3.05, 3.63) is 59.7 Å². The van der Waals surface area contributed by atoms with Crippen LogP contribution in [0.3, 0.4) is 0 Å². The van der Waals surface area contributed by atoms with Gasteiger partial charge in [0.25, 0.3) is 0 Å². The lowest BCUT2D eigenvalue weighted by Crippen LogP contribution is -2.39. The molecule has 9 heteroatoms. The van der Waals surface area contributed by atoms with Gasteiger partial charge in [0.1, 0.15) is 0 Å². The number of primary amides is 1. The fraction of sp³-hybridized carbons (Fsp3) is 0.304. The highest BCUT2D eigenvalue weighted by molar-refractivity contribution is 6.02. The third-order valence-corrected chi connectivity index (χ3v) is 5.10. The van der Waals surface area contributed by atoms with Gasteiger partial charge < -0.3 is 20.5 Å². The molecule has 1 atom stereocenters. The van der Waals surface area contributed by atoms with E-state index >= 15 is 0 Å². The van der Waals surface area contributed by atoms with E-state index in [9.17, 15) is 18.4 Å².